The van der Waals surface area contributed by atoms with Crippen molar-refractivity contribution in [3.05, 3.63) is 22.5 Å². The number of rotatable bonds is 2. The van der Waals surface area contributed by atoms with Crippen LogP contribution in [-0.2, 0) is 4.74 Å². The monoisotopic (exact) mass is 268 g/mol. The van der Waals surface area contributed by atoms with Crippen LogP contribution in [0.2, 0.25) is 0 Å². The summed E-state index contributed by atoms with van der Waals surface area (Å²) in [6, 6.07) is 2.75. The van der Waals surface area contributed by atoms with E-state index >= 15 is 0 Å². The predicted molar refractivity (Wildman–Crippen MR) is 61.2 cm³/mol. The van der Waals surface area contributed by atoms with Gasteiger partial charge in [-0.2, -0.15) is 10.3 Å². The van der Waals surface area contributed by atoms with Crippen molar-refractivity contribution in [3.63, 3.8) is 0 Å². The van der Waals surface area contributed by atoms with Crippen LogP contribution in [0, 0.1) is 0 Å². The van der Waals surface area contributed by atoms with Gasteiger partial charge in [-0.25, -0.2) is 0 Å². The summed E-state index contributed by atoms with van der Waals surface area (Å²) in [4.78, 5) is 11.9. The molecule has 0 radical (unpaired) electrons. The van der Waals surface area contributed by atoms with Gasteiger partial charge in [0.05, 0.1) is 6.61 Å². The highest BCUT2D eigenvalue weighted by molar-refractivity contribution is 5.69. The molecule has 0 saturated carbocycles. The van der Waals surface area contributed by atoms with E-state index in [0.717, 1.165) is 4.57 Å². The second kappa shape index (κ2) is 4.38. The van der Waals surface area contributed by atoms with Gasteiger partial charge in [0.1, 0.15) is 23.8 Å². The number of aromatic nitrogens is 4. The third kappa shape index (κ3) is 1.75. The summed E-state index contributed by atoms with van der Waals surface area (Å²) >= 11 is 0. The zero-order valence-corrected chi connectivity index (χ0v) is 9.67. The van der Waals surface area contributed by atoms with Crippen molar-refractivity contribution < 1.29 is 20.1 Å². The molecule has 2 aromatic heterocycles. The van der Waals surface area contributed by atoms with Crippen LogP contribution in [0.15, 0.2) is 16.9 Å². The third-order valence-corrected chi connectivity index (χ3v) is 3.18. The fraction of sp³-hybridized carbons (Fsp3) is 0.500. The van der Waals surface area contributed by atoms with Crippen LogP contribution < -0.4 is 5.56 Å². The first-order valence-electron chi connectivity index (χ1n) is 5.68. The Morgan fingerprint density at radius 3 is 2.79 bits per heavy atom. The molecule has 0 aromatic carbocycles. The van der Waals surface area contributed by atoms with Crippen molar-refractivity contribution in [1.82, 2.24) is 20.0 Å². The Balaban J connectivity index is 2.12. The lowest BCUT2D eigenvalue weighted by Crippen LogP contribution is -2.35. The van der Waals surface area contributed by atoms with E-state index in [4.69, 9.17) is 9.84 Å². The normalized spacial score (nSPS) is 31.1. The van der Waals surface area contributed by atoms with Crippen LogP contribution in [-0.4, -0.2) is 60.2 Å². The maximum absolute atomic E-state index is 11.9. The molecule has 3 rings (SSSR count). The number of nitrogens with zero attached hydrogens (tertiary/aromatic N) is 3. The van der Waals surface area contributed by atoms with E-state index in [2.05, 4.69) is 15.4 Å². The lowest BCUT2D eigenvalue weighted by atomic mass is 10.1. The molecule has 1 aliphatic heterocycles. The molecule has 3 heterocycles. The second-order valence-electron chi connectivity index (χ2n) is 4.30. The largest absolute Gasteiger partial charge is 0.394 e. The van der Waals surface area contributed by atoms with Crippen LogP contribution in [0.1, 0.15) is 6.23 Å². The number of pyridine rings is 1. The standard InChI is InChI=1S/C10H12N4O5/c15-3-5-7(17)8(18)10(19-5)14-6(16)2-1-4-9(14)12-13-11-4/h1-2,5,7-8,10,15,17-18H,3H2,(H,11,12,13)/t5-,7+,8+,10-/m1/s1. The zero-order chi connectivity index (χ0) is 13.6. The highest BCUT2D eigenvalue weighted by Gasteiger charge is 2.44. The molecule has 0 unspecified atom stereocenters. The summed E-state index contributed by atoms with van der Waals surface area (Å²) in [5, 5.41) is 38.7. The Kier molecular flexibility index (Phi) is 2.82. The van der Waals surface area contributed by atoms with Crippen LogP contribution in [0.4, 0.5) is 0 Å². The molecule has 1 saturated heterocycles. The van der Waals surface area contributed by atoms with Crippen molar-refractivity contribution in [3.8, 4) is 0 Å². The minimum atomic E-state index is -1.34. The highest BCUT2D eigenvalue weighted by Crippen LogP contribution is 2.29. The molecular formula is C10H12N4O5. The van der Waals surface area contributed by atoms with Gasteiger partial charge in [-0.05, 0) is 6.07 Å². The number of hydrogen-bond acceptors (Lipinski definition) is 7. The average Bonchev–Trinajstić information content (AvgIpc) is 2.97. The molecule has 0 amide bonds. The first-order valence-corrected chi connectivity index (χ1v) is 5.68. The number of hydrogen-bond donors (Lipinski definition) is 4. The summed E-state index contributed by atoms with van der Waals surface area (Å²) in [6.07, 6.45) is -4.68. The molecule has 1 aliphatic rings. The number of aromatic amines is 1. The van der Waals surface area contributed by atoms with Crippen molar-refractivity contribution in [1.29, 1.82) is 0 Å². The lowest BCUT2D eigenvalue weighted by Gasteiger charge is -2.17. The van der Waals surface area contributed by atoms with Gasteiger partial charge in [-0.1, -0.05) is 0 Å². The average molecular weight is 268 g/mol. The summed E-state index contributed by atoms with van der Waals surface area (Å²) < 4.78 is 6.41. The van der Waals surface area contributed by atoms with Crippen LogP contribution in [0.25, 0.3) is 11.2 Å². The van der Waals surface area contributed by atoms with E-state index in [1.807, 2.05) is 0 Å². The van der Waals surface area contributed by atoms with Gasteiger partial charge >= 0.3 is 0 Å². The summed E-state index contributed by atoms with van der Waals surface area (Å²) in [7, 11) is 0. The number of fused-ring (bicyclic) bond motifs is 1. The van der Waals surface area contributed by atoms with E-state index in [1.54, 1.807) is 0 Å². The highest BCUT2D eigenvalue weighted by atomic mass is 16.6. The zero-order valence-electron chi connectivity index (χ0n) is 9.67. The van der Waals surface area contributed by atoms with E-state index < -0.39 is 36.7 Å². The first kappa shape index (κ1) is 12.2. The molecular weight excluding hydrogens is 256 g/mol. The quantitative estimate of drug-likeness (QED) is 0.482. The predicted octanol–water partition coefficient (Wildman–Crippen LogP) is -2.27. The van der Waals surface area contributed by atoms with Gasteiger partial charge in [0.15, 0.2) is 11.9 Å². The van der Waals surface area contributed by atoms with Gasteiger partial charge in [0, 0.05) is 6.07 Å². The molecule has 9 heteroatoms. The van der Waals surface area contributed by atoms with Crippen LogP contribution in [0.3, 0.4) is 0 Å². The SMILES string of the molecule is O=c1ccc2n[nH]nc2n1[C@@H]1O[C@H](CO)[C@H](O)[C@@H]1O. The number of aliphatic hydroxyl groups excluding tert-OH is 3. The van der Waals surface area contributed by atoms with E-state index in [9.17, 15) is 15.0 Å². The van der Waals surface area contributed by atoms with E-state index in [1.165, 1.54) is 12.1 Å². The van der Waals surface area contributed by atoms with Gasteiger partial charge in [-0.3, -0.25) is 9.36 Å². The molecule has 102 valence electrons. The number of H-pyrrole nitrogens is 1. The molecule has 0 bridgehead atoms. The van der Waals surface area contributed by atoms with Gasteiger partial charge in [0.2, 0.25) is 0 Å². The smallest absolute Gasteiger partial charge is 0.254 e. The molecule has 1 fully saturated rings. The van der Waals surface area contributed by atoms with E-state index in [0.29, 0.717) is 5.52 Å². The van der Waals surface area contributed by atoms with Crippen molar-refractivity contribution >= 4 is 11.2 Å². The van der Waals surface area contributed by atoms with E-state index in [-0.39, 0.29) is 5.65 Å². The van der Waals surface area contributed by atoms with Crippen LogP contribution in [0.5, 0.6) is 0 Å². The summed E-state index contributed by atoms with van der Waals surface area (Å²) in [5.41, 5.74) is 0.191. The minimum Gasteiger partial charge on any atom is -0.394 e. The van der Waals surface area contributed by atoms with Gasteiger partial charge in [-0.15, -0.1) is 5.10 Å². The molecule has 4 atom stereocenters. The Bertz CT molecular complexity index is 653. The molecule has 9 nitrogen and oxygen atoms in total. The number of nitrogens with one attached hydrogen (secondary N) is 1. The molecule has 0 aliphatic carbocycles. The lowest BCUT2D eigenvalue weighted by molar-refractivity contribution is -0.0524. The Morgan fingerprint density at radius 1 is 1.32 bits per heavy atom. The topological polar surface area (TPSA) is 133 Å². The Hall–Kier alpha value is -1.81. The maximum atomic E-state index is 11.9. The maximum Gasteiger partial charge on any atom is 0.254 e. The number of ether oxygens (including phenoxy) is 1. The fourth-order valence-corrected chi connectivity index (χ4v) is 2.20. The summed E-state index contributed by atoms with van der Waals surface area (Å²) in [5.74, 6) is 0. The van der Waals surface area contributed by atoms with Crippen molar-refractivity contribution in [2.45, 2.75) is 24.5 Å². The van der Waals surface area contributed by atoms with Gasteiger partial charge in [0.25, 0.3) is 5.56 Å². The van der Waals surface area contributed by atoms with Gasteiger partial charge < -0.3 is 20.1 Å². The third-order valence-electron chi connectivity index (χ3n) is 3.18. The van der Waals surface area contributed by atoms with Crippen molar-refractivity contribution in [2.24, 2.45) is 0 Å². The number of aliphatic hydroxyl groups is 3. The Morgan fingerprint density at radius 2 is 2.11 bits per heavy atom. The van der Waals surface area contributed by atoms with Crippen molar-refractivity contribution in [2.75, 3.05) is 6.61 Å². The fourth-order valence-electron chi connectivity index (χ4n) is 2.20. The first-order chi connectivity index (χ1) is 9.13. The molecule has 0 spiro atoms. The second-order valence-corrected chi connectivity index (χ2v) is 4.30. The van der Waals surface area contributed by atoms with Crippen LogP contribution >= 0.6 is 0 Å². The summed E-state index contributed by atoms with van der Waals surface area (Å²) in [6.45, 7) is -0.460. The molecule has 19 heavy (non-hydrogen) atoms. The molecule has 2 aromatic rings. The Labute approximate surface area is 106 Å². The minimum absolute atomic E-state index is 0.210. The molecule has 4 N–H and O–H groups in total.